The Labute approximate surface area is 86.8 Å². The van der Waals surface area contributed by atoms with Gasteiger partial charge in [0.15, 0.2) is 0 Å². The quantitative estimate of drug-likeness (QED) is 0.574. The zero-order chi connectivity index (χ0) is 9.42. The summed E-state index contributed by atoms with van der Waals surface area (Å²) in [6, 6.07) is 1.86. The summed E-state index contributed by atoms with van der Waals surface area (Å²) in [6.07, 6.45) is 0.165. The van der Waals surface area contributed by atoms with Crippen molar-refractivity contribution in [2.75, 3.05) is 0 Å². The summed E-state index contributed by atoms with van der Waals surface area (Å²) < 4.78 is 5.33. The Hall–Kier alpha value is -0.680. The molecule has 13 heavy (non-hydrogen) atoms. The summed E-state index contributed by atoms with van der Waals surface area (Å²) in [5.74, 6) is -1.27. The van der Waals surface area contributed by atoms with E-state index < -0.39 is 17.9 Å². The van der Waals surface area contributed by atoms with Crippen molar-refractivity contribution in [3.8, 4) is 0 Å². The molecule has 5 heteroatoms. The second-order valence-electron chi connectivity index (χ2n) is 2.68. The van der Waals surface area contributed by atoms with Crippen molar-refractivity contribution in [2.24, 2.45) is 0 Å². The molecule has 0 spiro atoms. The molecule has 1 aromatic rings. The number of carbonyl (C=O) groups is 2. The molecule has 1 aromatic heterocycles. The first kappa shape index (κ1) is 8.90. The molecule has 1 aliphatic heterocycles. The van der Waals surface area contributed by atoms with Gasteiger partial charge in [-0.1, -0.05) is 0 Å². The van der Waals surface area contributed by atoms with Crippen molar-refractivity contribution in [2.45, 2.75) is 12.3 Å². The molecule has 0 bridgehead atoms. The number of halogens is 1. The molecule has 1 saturated heterocycles. The van der Waals surface area contributed by atoms with Crippen LogP contribution in [0.25, 0.3) is 0 Å². The minimum Gasteiger partial charge on any atom is -0.393 e. The van der Waals surface area contributed by atoms with E-state index in [1.807, 2.05) is 11.4 Å². The first-order valence-electron chi connectivity index (χ1n) is 3.66. The molecular weight excluding hydrogens is 256 g/mol. The van der Waals surface area contributed by atoms with Gasteiger partial charge in [0.2, 0.25) is 0 Å². The number of rotatable bonds is 1. The molecule has 0 saturated carbocycles. The van der Waals surface area contributed by atoms with E-state index in [-0.39, 0.29) is 6.42 Å². The second kappa shape index (κ2) is 3.23. The van der Waals surface area contributed by atoms with Gasteiger partial charge in [0.05, 0.1) is 6.42 Å². The van der Waals surface area contributed by atoms with Crippen molar-refractivity contribution in [3.63, 3.8) is 0 Å². The van der Waals surface area contributed by atoms with Crippen LogP contribution in [0.15, 0.2) is 15.9 Å². The number of hydrogen-bond donors (Lipinski definition) is 0. The van der Waals surface area contributed by atoms with Crippen LogP contribution in [0.4, 0.5) is 0 Å². The van der Waals surface area contributed by atoms with Gasteiger partial charge in [0, 0.05) is 9.35 Å². The van der Waals surface area contributed by atoms with Crippen molar-refractivity contribution in [1.29, 1.82) is 0 Å². The average molecular weight is 261 g/mol. The Kier molecular flexibility index (Phi) is 2.21. The Balaban J connectivity index is 2.32. The maximum atomic E-state index is 11.2. The van der Waals surface area contributed by atoms with Crippen LogP contribution in [-0.4, -0.2) is 11.9 Å². The van der Waals surface area contributed by atoms with E-state index in [1.54, 1.807) is 0 Å². The van der Waals surface area contributed by atoms with Crippen LogP contribution in [0.5, 0.6) is 0 Å². The molecule has 1 aliphatic rings. The monoisotopic (exact) mass is 260 g/mol. The largest absolute Gasteiger partial charge is 0.393 e. The summed E-state index contributed by atoms with van der Waals surface area (Å²) in [6.45, 7) is 0. The van der Waals surface area contributed by atoms with Gasteiger partial charge in [0.1, 0.15) is 5.92 Å². The molecule has 1 fully saturated rings. The highest BCUT2D eigenvalue weighted by Gasteiger charge is 2.36. The molecule has 0 N–H and O–H groups in total. The highest BCUT2D eigenvalue weighted by atomic mass is 79.9. The van der Waals surface area contributed by atoms with Crippen LogP contribution in [0.2, 0.25) is 0 Å². The summed E-state index contributed by atoms with van der Waals surface area (Å²) in [5, 5.41) is 1.87. The number of hydrogen-bond acceptors (Lipinski definition) is 4. The predicted octanol–water partition coefficient (Wildman–Crippen LogP) is 2.07. The molecule has 1 atom stereocenters. The van der Waals surface area contributed by atoms with E-state index in [4.69, 9.17) is 0 Å². The summed E-state index contributed by atoms with van der Waals surface area (Å²) in [7, 11) is 0. The summed E-state index contributed by atoms with van der Waals surface area (Å²) >= 11 is 4.77. The Morgan fingerprint density at radius 2 is 2.31 bits per heavy atom. The Morgan fingerprint density at radius 3 is 2.77 bits per heavy atom. The molecule has 2 heterocycles. The normalized spacial score (nSPS) is 22.1. The molecule has 0 amide bonds. The van der Waals surface area contributed by atoms with E-state index in [9.17, 15) is 9.59 Å². The number of carbonyl (C=O) groups excluding carboxylic acids is 2. The molecule has 3 nitrogen and oxygen atoms in total. The first-order valence-corrected chi connectivity index (χ1v) is 5.33. The lowest BCUT2D eigenvalue weighted by Crippen LogP contribution is -2.04. The van der Waals surface area contributed by atoms with Crippen LogP contribution >= 0.6 is 27.3 Å². The van der Waals surface area contributed by atoms with Gasteiger partial charge >= 0.3 is 11.9 Å². The lowest BCUT2D eigenvalue weighted by atomic mass is 10.1. The average Bonchev–Trinajstić information content (AvgIpc) is 2.58. The smallest absolute Gasteiger partial charge is 0.322 e. The Bertz CT molecular complexity index is 371. The molecule has 0 aliphatic carbocycles. The molecular formula is C8H5BrO3S. The van der Waals surface area contributed by atoms with Crippen molar-refractivity contribution >= 4 is 39.2 Å². The number of cyclic esters (lactones) is 2. The van der Waals surface area contributed by atoms with Crippen LogP contribution < -0.4 is 0 Å². The van der Waals surface area contributed by atoms with Gasteiger partial charge in [-0.25, -0.2) is 0 Å². The zero-order valence-corrected chi connectivity index (χ0v) is 8.85. The van der Waals surface area contributed by atoms with Crippen molar-refractivity contribution in [1.82, 2.24) is 0 Å². The molecule has 1 unspecified atom stereocenters. The lowest BCUT2D eigenvalue weighted by molar-refractivity contribution is -0.152. The van der Waals surface area contributed by atoms with Crippen LogP contribution in [-0.2, 0) is 14.3 Å². The minimum atomic E-state index is -0.437. The number of thiophene rings is 1. The van der Waals surface area contributed by atoms with Gasteiger partial charge in [-0.2, -0.15) is 0 Å². The molecule has 2 rings (SSSR count). The first-order chi connectivity index (χ1) is 6.18. The van der Waals surface area contributed by atoms with Gasteiger partial charge in [-0.15, -0.1) is 11.3 Å². The second-order valence-corrected chi connectivity index (χ2v) is 4.48. The van der Waals surface area contributed by atoms with E-state index in [0.29, 0.717) is 0 Å². The van der Waals surface area contributed by atoms with Crippen LogP contribution in [0.3, 0.4) is 0 Å². The summed E-state index contributed by atoms with van der Waals surface area (Å²) in [5.41, 5.74) is 0. The lowest BCUT2D eigenvalue weighted by Gasteiger charge is -2.00. The van der Waals surface area contributed by atoms with Gasteiger partial charge in [-0.05, 0) is 27.4 Å². The van der Waals surface area contributed by atoms with Gasteiger partial charge in [0.25, 0.3) is 0 Å². The zero-order valence-electron chi connectivity index (χ0n) is 6.45. The maximum Gasteiger partial charge on any atom is 0.322 e. The summed E-state index contributed by atoms with van der Waals surface area (Å²) in [4.78, 5) is 22.9. The van der Waals surface area contributed by atoms with E-state index >= 15 is 0 Å². The third-order valence-corrected chi connectivity index (χ3v) is 3.82. The molecule has 68 valence electrons. The third kappa shape index (κ3) is 1.53. The maximum absolute atomic E-state index is 11.2. The van der Waals surface area contributed by atoms with E-state index in [0.717, 1.165) is 9.35 Å². The van der Waals surface area contributed by atoms with Gasteiger partial charge < -0.3 is 4.74 Å². The predicted molar refractivity (Wildman–Crippen MR) is 50.5 cm³/mol. The third-order valence-electron chi connectivity index (χ3n) is 1.83. The van der Waals surface area contributed by atoms with Gasteiger partial charge in [-0.3, -0.25) is 9.59 Å². The standard InChI is InChI=1S/C8H5BrO3S/c9-5-1-2-13-7(5)4-3-6(10)12-8(4)11/h1-2,4H,3H2. The number of ether oxygens (including phenoxy) is 1. The fourth-order valence-corrected chi connectivity index (χ4v) is 2.97. The highest BCUT2D eigenvalue weighted by molar-refractivity contribution is 9.10. The number of esters is 2. The SMILES string of the molecule is O=C1CC(c2sccc2Br)C(=O)O1. The topological polar surface area (TPSA) is 43.4 Å². The Morgan fingerprint density at radius 1 is 1.54 bits per heavy atom. The molecule has 0 radical (unpaired) electrons. The fourth-order valence-electron chi connectivity index (χ4n) is 1.23. The van der Waals surface area contributed by atoms with E-state index in [1.165, 1.54) is 11.3 Å². The van der Waals surface area contributed by atoms with Crippen molar-refractivity contribution < 1.29 is 14.3 Å². The highest BCUT2D eigenvalue weighted by Crippen LogP contribution is 2.36. The van der Waals surface area contributed by atoms with Crippen molar-refractivity contribution in [3.05, 3.63) is 20.8 Å². The molecule has 0 aromatic carbocycles. The van der Waals surface area contributed by atoms with E-state index in [2.05, 4.69) is 20.7 Å². The fraction of sp³-hybridized carbons (Fsp3) is 0.250. The minimum absolute atomic E-state index is 0.165. The van der Waals surface area contributed by atoms with Crippen LogP contribution in [0, 0.1) is 0 Å². The van der Waals surface area contributed by atoms with Crippen LogP contribution in [0.1, 0.15) is 17.2 Å².